The number of aromatic nitrogens is 1. The first kappa shape index (κ1) is 36.2. The smallest absolute Gasteiger partial charge is 0.267 e. The fourth-order valence-electron chi connectivity index (χ4n) is 6.50. The van der Waals surface area contributed by atoms with Gasteiger partial charge in [-0.3, -0.25) is 19.8 Å². The van der Waals surface area contributed by atoms with Crippen molar-refractivity contribution in [2.75, 3.05) is 7.05 Å². The zero-order valence-corrected chi connectivity index (χ0v) is 30.6. The van der Waals surface area contributed by atoms with E-state index in [0.29, 0.717) is 21.0 Å². The number of para-hydroxylation sites is 1. The number of benzene rings is 4. The first-order chi connectivity index (χ1) is 25.0. The van der Waals surface area contributed by atoms with Crippen LogP contribution < -0.4 is 11.3 Å². The van der Waals surface area contributed by atoms with Gasteiger partial charge in [-0.1, -0.05) is 77.9 Å². The lowest BCUT2D eigenvalue weighted by Gasteiger charge is -2.36. The molecule has 266 valence electrons. The van der Waals surface area contributed by atoms with Crippen molar-refractivity contribution < 1.29 is 22.8 Å². The van der Waals surface area contributed by atoms with Gasteiger partial charge in [0.25, 0.3) is 27.7 Å². The van der Waals surface area contributed by atoms with Crippen molar-refractivity contribution in [3.8, 4) is 11.1 Å². The van der Waals surface area contributed by atoms with Crippen LogP contribution in [0.3, 0.4) is 0 Å². The molecule has 0 unspecified atom stereocenters. The molecule has 6 aromatic rings. The summed E-state index contributed by atoms with van der Waals surface area (Å²) >= 11 is 1.58. The predicted octanol–water partition coefficient (Wildman–Crippen LogP) is 6.02. The maximum atomic E-state index is 15.2. The van der Waals surface area contributed by atoms with Crippen molar-refractivity contribution in [2.45, 2.75) is 43.7 Å². The number of nitrogens with two attached hydrogens (primary N) is 1. The lowest BCUT2D eigenvalue weighted by molar-refractivity contribution is -0.138. The molecule has 0 spiro atoms. The minimum absolute atomic E-state index is 0.0410. The third-order valence-electron chi connectivity index (χ3n) is 9.11. The second-order valence-corrected chi connectivity index (χ2v) is 15.4. The number of likely N-dealkylation sites (N-methyl/N-ethyl adjacent to an activating group) is 1. The number of amides is 3. The number of nitrogens with zero attached hydrogens (tertiary/aromatic N) is 2. The van der Waals surface area contributed by atoms with Gasteiger partial charge in [-0.15, -0.1) is 0 Å². The van der Waals surface area contributed by atoms with Gasteiger partial charge in [0, 0.05) is 42.6 Å². The first-order valence-corrected chi connectivity index (χ1v) is 19.0. The number of hydrogen-bond donors (Lipinski definition) is 3. The third kappa shape index (κ3) is 7.54. The van der Waals surface area contributed by atoms with E-state index in [1.807, 2.05) is 85.3 Å². The van der Waals surface area contributed by atoms with Crippen molar-refractivity contribution in [3.05, 3.63) is 148 Å². The number of hydrazine groups is 1. The number of rotatable bonds is 12. The second kappa shape index (κ2) is 15.4. The highest BCUT2D eigenvalue weighted by Gasteiger charge is 2.44. The van der Waals surface area contributed by atoms with Gasteiger partial charge in [0.15, 0.2) is 0 Å². The summed E-state index contributed by atoms with van der Waals surface area (Å²) in [6, 6.07) is 26.8. The van der Waals surface area contributed by atoms with Crippen LogP contribution in [0, 0.1) is 13.8 Å². The van der Waals surface area contributed by atoms with Crippen molar-refractivity contribution >= 4 is 50.0 Å². The van der Waals surface area contributed by atoms with Gasteiger partial charge in [-0.2, -0.15) is 11.3 Å². The minimum Gasteiger partial charge on any atom is -0.361 e. The molecule has 0 saturated carbocycles. The first-order valence-electron chi connectivity index (χ1n) is 16.6. The van der Waals surface area contributed by atoms with Crippen molar-refractivity contribution in [3.63, 3.8) is 0 Å². The highest BCUT2D eigenvalue weighted by Crippen LogP contribution is 2.28. The Bertz CT molecular complexity index is 2300. The van der Waals surface area contributed by atoms with E-state index in [4.69, 9.17) is 5.84 Å². The molecule has 4 N–H and O–H groups in total. The van der Waals surface area contributed by atoms with E-state index in [2.05, 4.69) is 10.4 Å². The molecular weight excluding hydrogens is 695 g/mol. The molecule has 6 rings (SSSR count). The Morgan fingerprint density at radius 3 is 2.15 bits per heavy atom. The average molecular weight is 734 g/mol. The van der Waals surface area contributed by atoms with Crippen LogP contribution >= 0.6 is 11.3 Å². The Labute approximate surface area is 306 Å². The molecule has 0 fully saturated rings. The van der Waals surface area contributed by atoms with E-state index < -0.39 is 39.8 Å². The van der Waals surface area contributed by atoms with Gasteiger partial charge in [-0.25, -0.2) is 18.6 Å². The Morgan fingerprint density at radius 1 is 0.827 bits per heavy atom. The molecule has 2 atom stereocenters. The Morgan fingerprint density at radius 2 is 1.50 bits per heavy atom. The molecule has 0 aliphatic rings. The average Bonchev–Trinajstić information content (AvgIpc) is 3.84. The van der Waals surface area contributed by atoms with E-state index in [1.165, 1.54) is 36.2 Å². The summed E-state index contributed by atoms with van der Waals surface area (Å²) < 4.78 is 30.0. The van der Waals surface area contributed by atoms with Crippen LogP contribution in [0.5, 0.6) is 0 Å². The summed E-state index contributed by atoms with van der Waals surface area (Å²) in [5, 5.41) is 4.77. The lowest BCUT2D eigenvalue weighted by atomic mass is 9.98. The van der Waals surface area contributed by atoms with Crippen molar-refractivity contribution in [1.82, 2.24) is 19.6 Å². The number of carbonyl (C=O) groups excluding carboxylic acids is 3. The van der Waals surface area contributed by atoms with E-state index in [-0.39, 0.29) is 17.7 Å². The molecule has 2 aromatic heterocycles. The summed E-state index contributed by atoms with van der Waals surface area (Å²) in [4.78, 5) is 47.4. The van der Waals surface area contributed by atoms with Crippen LogP contribution in [0.2, 0.25) is 0 Å². The Kier molecular flexibility index (Phi) is 10.7. The number of hydrogen-bond acceptors (Lipinski definition) is 7. The zero-order valence-electron chi connectivity index (χ0n) is 28.9. The van der Waals surface area contributed by atoms with E-state index in [1.54, 1.807) is 35.7 Å². The zero-order chi connectivity index (χ0) is 37.0. The molecule has 0 aliphatic heterocycles. The normalized spacial score (nSPS) is 12.6. The van der Waals surface area contributed by atoms with Gasteiger partial charge in [-0.05, 0) is 83.3 Å². The standard InChI is InChI=1S/C40H39N5O5S2/c1-26-19-27(2)21-31(20-26)39(47)44(3)37(22-28-13-15-29(16-14-28)30-17-18-51-25-30)40(48)45(52(49,50)33-9-5-4-6-10-33)36(38(46)43-41)23-32-24-42-35-12-8-7-11-34(32)35/h4-21,24-25,36-37,42H,22-23,41H2,1-3H3,(H,43,46)/t36-,37-/m0/s1. The molecule has 2 heterocycles. The van der Waals surface area contributed by atoms with Gasteiger partial charge in [0.1, 0.15) is 12.1 Å². The summed E-state index contributed by atoms with van der Waals surface area (Å²) in [7, 11) is -3.22. The number of fused-ring (bicyclic) bond motifs is 1. The van der Waals surface area contributed by atoms with Crippen LogP contribution in [-0.2, 0) is 32.5 Å². The number of carbonyl (C=O) groups is 3. The largest absolute Gasteiger partial charge is 0.361 e. The van der Waals surface area contributed by atoms with E-state index in [9.17, 15) is 18.0 Å². The van der Waals surface area contributed by atoms with Gasteiger partial charge in [0.2, 0.25) is 0 Å². The third-order valence-corrected chi connectivity index (χ3v) is 11.6. The molecular formula is C40H39N5O5S2. The van der Waals surface area contributed by atoms with Gasteiger partial charge < -0.3 is 9.88 Å². The second-order valence-electron chi connectivity index (χ2n) is 12.8. The summed E-state index contributed by atoms with van der Waals surface area (Å²) in [6.07, 6.45) is 1.45. The molecule has 3 amide bonds. The number of sulfonamides is 1. The van der Waals surface area contributed by atoms with Crippen LogP contribution in [0.1, 0.15) is 32.6 Å². The fourth-order valence-corrected chi connectivity index (χ4v) is 8.76. The van der Waals surface area contributed by atoms with Crippen LogP contribution in [0.25, 0.3) is 22.0 Å². The number of H-pyrrole nitrogens is 1. The van der Waals surface area contributed by atoms with Gasteiger partial charge in [0.05, 0.1) is 4.90 Å². The summed E-state index contributed by atoms with van der Waals surface area (Å²) in [5.74, 6) is 3.37. The van der Waals surface area contributed by atoms with Crippen molar-refractivity contribution in [2.24, 2.45) is 5.84 Å². The number of nitrogens with one attached hydrogen (secondary N) is 2. The van der Waals surface area contributed by atoms with Gasteiger partial charge >= 0.3 is 0 Å². The minimum atomic E-state index is -4.70. The maximum Gasteiger partial charge on any atom is 0.267 e. The maximum absolute atomic E-state index is 15.2. The molecule has 0 radical (unpaired) electrons. The van der Waals surface area contributed by atoms with Crippen LogP contribution in [0.4, 0.5) is 0 Å². The highest BCUT2D eigenvalue weighted by atomic mass is 32.2. The molecule has 0 bridgehead atoms. The predicted molar refractivity (Wildman–Crippen MR) is 204 cm³/mol. The highest BCUT2D eigenvalue weighted by molar-refractivity contribution is 7.89. The molecule has 4 aromatic carbocycles. The topological polar surface area (TPSA) is 146 Å². The molecule has 12 heteroatoms. The SMILES string of the molecule is Cc1cc(C)cc(C(=O)N(C)[C@@H](Cc2ccc(-c3ccsc3)cc2)C(=O)N([C@@H](Cc2c[nH]c3ccccc23)C(=O)NN)S(=O)(=O)c2ccccc2)c1. The summed E-state index contributed by atoms with van der Waals surface area (Å²) in [6.45, 7) is 3.74. The number of thiophene rings is 1. The van der Waals surface area contributed by atoms with Crippen LogP contribution in [-0.4, -0.2) is 59.5 Å². The Balaban J connectivity index is 1.48. The summed E-state index contributed by atoms with van der Waals surface area (Å²) in [5.41, 5.74) is 8.23. The monoisotopic (exact) mass is 733 g/mol. The lowest BCUT2D eigenvalue weighted by Crippen LogP contribution is -2.59. The number of aromatic amines is 1. The number of aryl methyl sites for hydroxylation is 2. The Hall–Kier alpha value is -5.56. The van der Waals surface area contributed by atoms with Crippen LogP contribution in [0.15, 0.2) is 125 Å². The molecule has 0 saturated heterocycles. The van der Waals surface area contributed by atoms with E-state index in [0.717, 1.165) is 33.2 Å². The van der Waals surface area contributed by atoms with E-state index >= 15 is 4.79 Å². The fraction of sp³-hybridized carbons (Fsp3) is 0.175. The molecule has 10 nitrogen and oxygen atoms in total. The molecule has 52 heavy (non-hydrogen) atoms. The van der Waals surface area contributed by atoms with Crippen molar-refractivity contribution in [1.29, 1.82) is 0 Å². The quantitative estimate of drug-likeness (QED) is 0.0798. The molecule has 0 aliphatic carbocycles.